The molecule has 0 saturated carbocycles. The van der Waals surface area contributed by atoms with Crippen molar-refractivity contribution in [2.75, 3.05) is 5.73 Å². The summed E-state index contributed by atoms with van der Waals surface area (Å²) in [6.07, 6.45) is 0.953. The summed E-state index contributed by atoms with van der Waals surface area (Å²) in [6.45, 7) is 2.18. The molecule has 2 aromatic carbocycles. The van der Waals surface area contributed by atoms with Crippen LogP contribution in [0.5, 0.6) is 0 Å². The van der Waals surface area contributed by atoms with Gasteiger partial charge in [0.05, 0.1) is 5.56 Å². The summed E-state index contributed by atoms with van der Waals surface area (Å²) >= 11 is 0. The Labute approximate surface area is 117 Å². The molecule has 3 nitrogen and oxygen atoms in total. The van der Waals surface area contributed by atoms with Gasteiger partial charge in [-0.2, -0.15) is 0 Å². The van der Waals surface area contributed by atoms with Crippen LogP contribution < -0.4 is 5.73 Å². The van der Waals surface area contributed by atoms with Gasteiger partial charge in [-0.3, -0.25) is 0 Å². The quantitative estimate of drug-likeness (QED) is 0.686. The van der Waals surface area contributed by atoms with Gasteiger partial charge in [0.25, 0.3) is 0 Å². The number of carbonyl (C=O) groups is 1. The first kappa shape index (κ1) is 14.1. The minimum Gasteiger partial charge on any atom is -0.457 e. The van der Waals surface area contributed by atoms with Gasteiger partial charge in [0, 0.05) is 5.69 Å². The highest BCUT2D eigenvalue weighted by Gasteiger charge is 2.13. The Morgan fingerprint density at radius 1 is 1.15 bits per heavy atom. The molecule has 0 atom stereocenters. The SMILES string of the molecule is CCc1ccc(COC(=O)c2cc(N)ccc2F)cc1. The summed E-state index contributed by atoms with van der Waals surface area (Å²) in [4.78, 5) is 11.8. The summed E-state index contributed by atoms with van der Waals surface area (Å²) in [7, 11) is 0. The zero-order valence-corrected chi connectivity index (χ0v) is 11.2. The van der Waals surface area contributed by atoms with Gasteiger partial charge >= 0.3 is 5.97 Å². The number of nitrogen functional groups attached to an aromatic ring is 1. The fourth-order valence-corrected chi connectivity index (χ4v) is 1.80. The van der Waals surface area contributed by atoms with Gasteiger partial charge in [-0.15, -0.1) is 0 Å². The van der Waals surface area contributed by atoms with E-state index in [1.165, 1.54) is 17.7 Å². The van der Waals surface area contributed by atoms with Crippen LogP contribution in [0, 0.1) is 5.82 Å². The Bertz CT molecular complexity index is 608. The minimum absolute atomic E-state index is 0.108. The molecule has 0 unspecified atom stereocenters. The molecule has 0 radical (unpaired) electrons. The second-order valence-electron chi connectivity index (χ2n) is 4.49. The van der Waals surface area contributed by atoms with Crippen molar-refractivity contribution in [3.63, 3.8) is 0 Å². The number of halogens is 1. The number of nitrogens with two attached hydrogens (primary N) is 1. The van der Waals surface area contributed by atoms with E-state index in [2.05, 4.69) is 6.92 Å². The van der Waals surface area contributed by atoms with E-state index in [0.29, 0.717) is 5.69 Å². The van der Waals surface area contributed by atoms with Gasteiger partial charge in [0.15, 0.2) is 0 Å². The molecule has 2 N–H and O–H groups in total. The van der Waals surface area contributed by atoms with Gasteiger partial charge in [-0.05, 0) is 35.7 Å². The van der Waals surface area contributed by atoms with Crippen LogP contribution >= 0.6 is 0 Å². The third-order valence-corrected chi connectivity index (χ3v) is 3.01. The number of hydrogen-bond acceptors (Lipinski definition) is 3. The largest absolute Gasteiger partial charge is 0.457 e. The summed E-state index contributed by atoms with van der Waals surface area (Å²) in [5.41, 5.74) is 7.78. The lowest BCUT2D eigenvalue weighted by atomic mass is 10.1. The molecule has 4 heteroatoms. The predicted molar refractivity (Wildman–Crippen MR) is 75.8 cm³/mol. The first-order chi connectivity index (χ1) is 9.60. The normalized spacial score (nSPS) is 10.3. The molecule has 0 amide bonds. The molecular formula is C16H16FNO2. The number of rotatable bonds is 4. The maximum atomic E-state index is 13.5. The van der Waals surface area contributed by atoms with Crippen LogP contribution in [0.4, 0.5) is 10.1 Å². The Hall–Kier alpha value is -2.36. The molecule has 20 heavy (non-hydrogen) atoms. The Morgan fingerprint density at radius 2 is 1.80 bits per heavy atom. The van der Waals surface area contributed by atoms with Crippen molar-refractivity contribution >= 4 is 11.7 Å². The number of hydrogen-bond donors (Lipinski definition) is 1. The van der Waals surface area contributed by atoms with Crippen molar-refractivity contribution in [1.29, 1.82) is 0 Å². The lowest BCUT2D eigenvalue weighted by Crippen LogP contribution is -2.08. The van der Waals surface area contributed by atoms with Crippen molar-refractivity contribution in [2.24, 2.45) is 0 Å². The van der Waals surface area contributed by atoms with E-state index in [1.54, 1.807) is 0 Å². The highest BCUT2D eigenvalue weighted by molar-refractivity contribution is 5.90. The highest BCUT2D eigenvalue weighted by Crippen LogP contribution is 2.14. The maximum Gasteiger partial charge on any atom is 0.341 e. The van der Waals surface area contributed by atoms with Crippen molar-refractivity contribution in [3.05, 3.63) is 65.0 Å². The molecule has 0 aliphatic rings. The topological polar surface area (TPSA) is 52.3 Å². The van der Waals surface area contributed by atoms with Gasteiger partial charge in [0.1, 0.15) is 12.4 Å². The van der Waals surface area contributed by atoms with E-state index in [4.69, 9.17) is 10.5 Å². The first-order valence-corrected chi connectivity index (χ1v) is 6.40. The highest BCUT2D eigenvalue weighted by atomic mass is 19.1. The second-order valence-corrected chi connectivity index (χ2v) is 4.49. The molecule has 0 aliphatic carbocycles. The van der Waals surface area contributed by atoms with Gasteiger partial charge in [-0.25, -0.2) is 9.18 Å². The molecule has 0 bridgehead atoms. The molecule has 2 aromatic rings. The summed E-state index contributed by atoms with van der Waals surface area (Å²) in [5, 5.41) is 0. The summed E-state index contributed by atoms with van der Waals surface area (Å²) in [6, 6.07) is 11.6. The van der Waals surface area contributed by atoms with Crippen LogP contribution in [0.25, 0.3) is 0 Å². The van der Waals surface area contributed by atoms with Crippen LogP contribution in [0.2, 0.25) is 0 Å². The Balaban J connectivity index is 2.02. The van der Waals surface area contributed by atoms with Crippen LogP contribution in [0.1, 0.15) is 28.4 Å². The van der Waals surface area contributed by atoms with Crippen molar-refractivity contribution in [3.8, 4) is 0 Å². The van der Waals surface area contributed by atoms with Gasteiger partial charge < -0.3 is 10.5 Å². The van der Waals surface area contributed by atoms with Crippen LogP contribution in [0.3, 0.4) is 0 Å². The molecule has 0 aliphatic heterocycles. The summed E-state index contributed by atoms with van der Waals surface area (Å²) < 4.78 is 18.6. The molecule has 0 heterocycles. The van der Waals surface area contributed by atoms with Crippen LogP contribution in [-0.2, 0) is 17.8 Å². The van der Waals surface area contributed by atoms with Crippen LogP contribution in [0.15, 0.2) is 42.5 Å². The molecule has 0 saturated heterocycles. The van der Waals surface area contributed by atoms with E-state index in [1.807, 2.05) is 24.3 Å². The number of anilines is 1. The van der Waals surface area contributed by atoms with Crippen molar-refractivity contribution < 1.29 is 13.9 Å². The number of aryl methyl sites for hydroxylation is 1. The molecule has 0 fully saturated rings. The van der Waals surface area contributed by atoms with Crippen molar-refractivity contribution in [2.45, 2.75) is 20.0 Å². The van der Waals surface area contributed by atoms with Crippen molar-refractivity contribution in [1.82, 2.24) is 0 Å². The van der Waals surface area contributed by atoms with Gasteiger partial charge in [-0.1, -0.05) is 31.2 Å². The lowest BCUT2D eigenvalue weighted by Gasteiger charge is -2.07. The third-order valence-electron chi connectivity index (χ3n) is 3.01. The average molecular weight is 273 g/mol. The molecular weight excluding hydrogens is 257 g/mol. The standard InChI is InChI=1S/C16H16FNO2/c1-2-11-3-5-12(6-4-11)10-20-16(19)14-9-13(18)7-8-15(14)17/h3-9H,2,10,18H2,1H3. The van der Waals surface area contributed by atoms with E-state index >= 15 is 0 Å². The molecule has 0 spiro atoms. The van der Waals surface area contributed by atoms with E-state index < -0.39 is 11.8 Å². The lowest BCUT2D eigenvalue weighted by molar-refractivity contribution is 0.0467. The Morgan fingerprint density at radius 3 is 2.45 bits per heavy atom. The molecule has 0 aromatic heterocycles. The minimum atomic E-state index is -0.714. The smallest absolute Gasteiger partial charge is 0.341 e. The maximum absolute atomic E-state index is 13.5. The predicted octanol–water partition coefficient (Wildman–Crippen LogP) is 3.33. The monoisotopic (exact) mass is 273 g/mol. The average Bonchev–Trinajstić information content (AvgIpc) is 2.47. The molecule has 104 valence electrons. The van der Waals surface area contributed by atoms with Gasteiger partial charge in [0.2, 0.25) is 0 Å². The zero-order chi connectivity index (χ0) is 14.5. The Kier molecular flexibility index (Phi) is 4.35. The van der Waals surface area contributed by atoms with E-state index in [9.17, 15) is 9.18 Å². The van der Waals surface area contributed by atoms with Crippen LogP contribution in [-0.4, -0.2) is 5.97 Å². The number of benzene rings is 2. The zero-order valence-electron chi connectivity index (χ0n) is 11.2. The summed E-state index contributed by atoms with van der Waals surface area (Å²) in [5.74, 6) is -1.35. The fraction of sp³-hybridized carbons (Fsp3) is 0.188. The number of carbonyl (C=O) groups excluding carboxylic acids is 1. The fourth-order valence-electron chi connectivity index (χ4n) is 1.80. The third kappa shape index (κ3) is 3.35. The first-order valence-electron chi connectivity index (χ1n) is 6.40. The number of esters is 1. The number of ether oxygens (including phenoxy) is 1. The van der Waals surface area contributed by atoms with E-state index in [-0.39, 0.29) is 12.2 Å². The van der Waals surface area contributed by atoms with E-state index in [0.717, 1.165) is 18.1 Å². The molecule has 2 rings (SSSR count). The second kappa shape index (κ2) is 6.19.